The molecule has 0 saturated carbocycles. The molecule has 2 aromatic heterocycles. The summed E-state index contributed by atoms with van der Waals surface area (Å²) in [4.78, 5) is 12.6. The summed E-state index contributed by atoms with van der Waals surface area (Å²) in [7, 11) is 4.79. The largest absolute Gasteiger partial charge is 0.515 e. The molecule has 0 amide bonds. The zero-order valence-corrected chi connectivity index (χ0v) is 21.6. The van der Waals surface area contributed by atoms with E-state index in [-0.39, 0.29) is 6.61 Å². The SMILES string of the molecule is CCOC(=O)Oc1c(-c2ccc3nsnc3c2)c2cc(OC)c(OC)cc2n1Cc1ccc(OC)cc1. The summed E-state index contributed by atoms with van der Waals surface area (Å²) in [6.45, 7) is 2.32. The van der Waals surface area contributed by atoms with Crippen molar-refractivity contribution in [3.8, 4) is 34.3 Å². The van der Waals surface area contributed by atoms with Crippen LogP contribution in [0.25, 0.3) is 33.1 Å². The summed E-state index contributed by atoms with van der Waals surface area (Å²) in [6, 6.07) is 17.2. The van der Waals surface area contributed by atoms with E-state index in [2.05, 4.69) is 8.75 Å². The lowest BCUT2D eigenvalue weighted by molar-refractivity contribution is 0.101. The first-order valence-electron chi connectivity index (χ1n) is 11.5. The molecule has 3 aromatic carbocycles. The standard InChI is InChI=1S/C27H25N3O6S/c1-5-35-27(31)36-26-25(17-8-11-20-21(12-17)29-37-28-20)19-13-23(33-3)24(34-4)14-22(19)30(26)15-16-6-9-18(32-2)10-7-16/h6-14H,5,15H2,1-4H3. The van der Waals surface area contributed by atoms with Gasteiger partial charge < -0.3 is 28.3 Å². The van der Waals surface area contributed by atoms with E-state index < -0.39 is 6.16 Å². The molecule has 0 bridgehead atoms. The maximum Gasteiger partial charge on any atom is 0.515 e. The second-order valence-corrected chi connectivity index (χ2v) is 8.62. The Balaban J connectivity index is 1.79. The van der Waals surface area contributed by atoms with Gasteiger partial charge in [-0.1, -0.05) is 18.2 Å². The lowest BCUT2D eigenvalue weighted by Crippen LogP contribution is -2.14. The topological polar surface area (TPSA) is 93.9 Å². The summed E-state index contributed by atoms with van der Waals surface area (Å²) in [5.41, 5.74) is 4.83. The van der Waals surface area contributed by atoms with Gasteiger partial charge in [0.25, 0.3) is 0 Å². The molecule has 0 aliphatic carbocycles. The fraction of sp³-hybridized carbons (Fsp3) is 0.222. The number of methoxy groups -OCH3 is 3. The van der Waals surface area contributed by atoms with Gasteiger partial charge in [0.2, 0.25) is 5.88 Å². The molecule has 0 radical (unpaired) electrons. The highest BCUT2D eigenvalue weighted by atomic mass is 32.1. The van der Waals surface area contributed by atoms with Crippen molar-refractivity contribution in [1.29, 1.82) is 0 Å². The Bertz CT molecular complexity index is 1580. The van der Waals surface area contributed by atoms with Crippen molar-refractivity contribution in [3.05, 3.63) is 60.2 Å². The predicted molar refractivity (Wildman–Crippen MR) is 141 cm³/mol. The lowest BCUT2D eigenvalue weighted by Gasteiger charge is -2.13. The Morgan fingerprint density at radius 3 is 2.32 bits per heavy atom. The number of rotatable bonds is 8. The van der Waals surface area contributed by atoms with Crippen molar-refractivity contribution in [2.24, 2.45) is 0 Å². The summed E-state index contributed by atoms with van der Waals surface area (Å²) in [5.74, 6) is 2.19. The van der Waals surface area contributed by atoms with Crippen molar-refractivity contribution in [2.75, 3.05) is 27.9 Å². The van der Waals surface area contributed by atoms with Gasteiger partial charge in [0.05, 0.1) is 57.3 Å². The van der Waals surface area contributed by atoms with Crippen molar-refractivity contribution >= 4 is 39.8 Å². The Morgan fingerprint density at radius 2 is 1.62 bits per heavy atom. The van der Waals surface area contributed by atoms with E-state index >= 15 is 0 Å². The number of benzene rings is 3. The molecule has 9 nitrogen and oxygen atoms in total. The van der Waals surface area contributed by atoms with Crippen LogP contribution in [0.15, 0.2) is 54.6 Å². The third-order valence-corrected chi connectivity index (χ3v) is 6.56. The molecule has 2 heterocycles. The summed E-state index contributed by atoms with van der Waals surface area (Å²) in [6.07, 6.45) is -0.794. The van der Waals surface area contributed by atoms with Crippen molar-refractivity contribution < 1.29 is 28.5 Å². The molecule has 0 unspecified atom stereocenters. The normalized spacial score (nSPS) is 11.0. The van der Waals surface area contributed by atoms with E-state index in [0.29, 0.717) is 29.5 Å². The van der Waals surface area contributed by atoms with E-state index in [1.54, 1.807) is 28.3 Å². The van der Waals surface area contributed by atoms with Crippen LogP contribution in [0, 0.1) is 0 Å². The van der Waals surface area contributed by atoms with Crippen LogP contribution in [-0.4, -0.2) is 47.4 Å². The van der Waals surface area contributed by atoms with Gasteiger partial charge in [-0.25, -0.2) is 4.79 Å². The Hall–Kier alpha value is -4.31. The molecule has 37 heavy (non-hydrogen) atoms. The number of carbonyl (C=O) groups is 1. The third kappa shape index (κ3) is 4.63. The average Bonchev–Trinajstić information content (AvgIpc) is 3.50. The fourth-order valence-corrected chi connectivity index (χ4v) is 4.79. The Kier molecular flexibility index (Phi) is 6.82. The van der Waals surface area contributed by atoms with E-state index in [0.717, 1.165) is 50.5 Å². The third-order valence-electron chi connectivity index (χ3n) is 6.01. The number of hydrogen-bond acceptors (Lipinski definition) is 9. The van der Waals surface area contributed by atoms with Gasteiger partial charge in [0.1, 0.15) is 16.8 Å². The highest BCUT2D eigenvalue weighted by Crippen LogP contribution is 2.45. The second kappa shape index (κ2) is 10.4. The van der Waals surface area contributed by atoms with Crippen molar-refractivity contribution in [3.63, 3.8) is 0 Å². The summed E-state index contributed by atoms with van der Waals surface area (Å²) >= 11 is 1.15. The maximum absolute atomic E-state index is 12.6. The summed E-state index contributed by atoms with van der Waals surface area (Å²) < 4.78 is 38.2. The fourth-order valence-electron chi connectivity index (χ4n) is 4.27. The van der Waals surface area contributed by atoms with Crippen LogP contribution in [0.3, 0.4) is 0 Å². The molecular formula is C27H25N3O6S. The maximum atomic E-state index is 12.6. The molecule has 0 aliphatic heterocycles. The van der Waals surface area contributed by atoms with Gasteiger partial charge in [-0.3, -0.25) is 0 Å². The summed E-state index contributed by atoms with van der Waals surface area (Å²) in [5, 5.41) is 0.813. The van der Waals surface area contributed by atoms with Crippen LogP contribution in [0.4, 0.5) is 4.79 Å². The number of nitrogens with zero attached hydrogens (tertiary/aromatic N) is 3. The molecule has 5 rings (SSSR count). The van der Waals surface area contributed by atoms with Crippen LogP contribution in [0.1, 0.15) is 12.5 Å². The predicted octanol–water partition coefficient (Wildman–Crippen LogP) is 5.92. The van der Waals surface area contributed by atoms with Crippen LogP contribution in [0.5, 0.6) is 23.1 Å². The first kappa shape index (κ1) is 24.4. The van der Waals surface area contributed by atoms with Gasteiger partial charge in [-0.2, -0.15) is 8.75 Å². The molecule has 10 heteroatoms. The zero-order valence-electron chi connectivity index (χ0n) is 20.8. The number of hydrogen-bond donors (Lipinski definition) is 0. The van der Waals surface area contributed by atoms with Gasteiger partial charge in [-0.15, -0.1) is 0 Å². The first-order valence-corrected chi connectivity index (χ1v) is 12.3. The molecule has 5 aromatic rings. The van der Waals surface area contributed by atoms with Gasteiger partial charge in [0.15, 0.2) is 11.5 Å². The molecule has 0 spiro atoms. The van der Waals surface area contributed by atoms with Crippen LogP contribution in [0.2, 0.25) is 0 Å². The minimum absolute atomic E-state index is 0.185. The highest BCUT2D eigenvalue weighted by molar-refractivity contribution is 7.00. The van der Waals surface area contributed by atoms with Gasteiger partial charge >= 0.3 is 6.16 Å². The molecule has 0 aliphatic rings. The first-order chi connectivity index (χ1) is 18.1. The Morgan fingerprint density at radius 1 is 0.892 bits per heavy atom. The van der Waals surface area contributed by atoms with E-state index in [1.165, 1.54) is 0 Å². The smallest absolute Gasteiger partial charge is 0.497 e. The Labute approximate surface area is 217 Å². The molecule has 0 atom stereocenters. The molecule has 190 valence electrons. The molecule has 0 saturated heterocycles. The van der Waals surface area contributed by atoms with Crippen molar-refractivity contribution in [1.82, 2.24) is 13.3 Å². The van der Waals surface area contributed by atoms with E-state index in [4.69, 9.17) is 23.7 Å². The second-order valence-electron chi connectivity index (χ2n) is 8.09. The molecular weight excluding hydrogens is 494 g/mol. The van der Waals surface area contributed by atoms with Crippen LogP contribution >= 0.6 is 11.7 Å². The van der Waals surface area contributed by atoms with Crippen LogP contribution < -0.4 is 18.9 Å². The van der Waals surface area contributed by atoms with Gasteiger partial charge in [0, 0.05) is 11.5 Å². The molecule has 0 N–H and O–H groups in total. The number of aromatic nitrogens is 3. The minimum Gasteiger partial charge on any atom is -0.497 e. The van der Waals surface area contributed by atoms with E-state index in [9.17, 15) is 4.79 Å². The average molecular weight is 520 g/mol. The minimum atomic E-state index is -0.794. The van der Waals surface area contributed by atoms with E-state index in [1.807, 2.05) is 59.2 Å². The zero-order chi connectivity index (χ0) is 25.9. The van der Waals surface area contributed by atoms with Crippen LogP contribution in [-0.2, 0) is 11.3 Å². The van der Waals surface area contributed by atoms with Gasteiger partial charge in [-0.05, 0) is 48.4 Å². The molecule has 0 fully saturated rings. The highest BCUT2D eigenvalue weighted by Gasteiger charge is 2.25. The number of ether oxygens (including phenoxy) is 5. The number of carbonyl (C=O) groups excluding carboxylic acids is 1. The number of fused-ring (bicyclic) bond motifs is 2. The van der Waals surface area contributed by atoms with Crippen molar-refractivity contribution in [2.45, 2.75) is 13.5 Å². The monoisotopic (exact) mass is 519 g/mol. The quantitative estimate of drug-likeness (QED) is 0.233. The lowest BCUT2D eigenvalue weighted by atomic mass is 10.0.